The Labute approximate surface area is 76.9 Å². The largest absolute Gasteiger partial charge is 0.317 e. The number of amides is 2. The van der Waals surface area contributed by atoms with Gasteiger partial charge in [-0.15, -0.1) is 0 Å². The third-order valence-corrected chi connectivity index (χ3v) is 3.23. The Bertz CT molecular complexity index is 264. The first-order valence-electron chi connectivity index (χ1n) is 4.76. The van der Waals surface area contributed by atoms with Crippen molar-refractivity contribution in [2.45, 2.75) is 37.6 Å². The van der Waals surface area contributed by atoms with Gasteiger partial charge >= 0.3 is 0 Å². The Kier molecular flexibility index (Phi) is 1.87. The summed E-state index contributed by atoms with van der Waals surface area (Å²) in [5.74, 6) is -0.367. The van der Waals surface area contributed by atoms with Crippen molar-refractivity contribution in [1.82, 2.24) is 5.32 Å². The fourth-order valence-electron chi connectivity index (χ4n) is 2.37. The smallest absolute Gasteiger partial charge is 0.246 e. The monoisotopic (exact) mass is 182 g/mol. The normalized spacial score (nSPS) is 39.6. The summed E-state index contributed by atoms with van der Waals surface area (Å²) in [5, 5.41) is 2.32. The molecule has 1 saturated carbocycles. The number of nitrogens with one attached hydrogen (secondary N) is 1. The van der Waals surface area contributed by atoms with E-state index < -0.39 is 5.54 Å². The van der Waals surface area contributed by atoms with Crippen LogP contribution in [0.4, 0.5) is 0 Å². The minimum atomic E-state index is -0.758. The predicted octanol–water partition coefficient (Wildman–Crippen LogP) is -0.0794. The van der Waals surface area contributed by atoms with Gasteiger partial charge in [0.05, 0.1) is 5.54 Å². The molecule has 1 heterocycles. The van der Waals surface area contributed by atoms with Gasteiger partial charge in [-0.2, -0.15) is 0 Å². The Morgan fingerprint density at radius 1 is 1.38 bits per heavy atom. The molecule has 0 unspecified atom stereocenters. The highest BCUT2D eigenvalue weighted by atomic mass is 16.2. The molecule has 4 heteroatoms. The van der Waals surface area contributed by atoms with Crippen LogP contribution >= 0.6 is 0 Å². The van der Waals surface area contributed by atoms with Crippen molar-refractivity contribution in [2.75, 3.05) is 0 Å². The highest BCUT2D eigenvalue weighted by Crippen LogP contribution is 2.36. The van der Waals surface area contributed by atoms with Crippen LogP contribution in [0.1, 0.15) is 32.1 Å². The molecule has 2 rings (SSSR count). The predicted molar refractivity (Wildman–Crippen MR) is 46.6 cm³/mol. The Morgan fingerprint density at radius 2 is 2.15 bits per heavy atom. The molecule has 2 atom stereocenters. The number of carbonyl (C=O) groups excluding carboxylic acids is 2. The molecule has 1 saturated heterocycles. The van der Waals surface area contributed by atoms with Gasteiger partial charge in [0.25, 0.3) is 0 Å². The van der Waals surface area contributed by atoms with E-state index in [0.717, 1.165) is 25.7 Å². The van der Waals surface area contributed by atoms with Crippen molar-refractivity contribution < 1.29 is 9.59 Å². The minimum absolute atomic E-state index is 0.0718. The van der Waals surface area contributed by atoms with Crippen molar-refractivity contribution >= 4 is 11.8 Å². The van der Waals surface area contributed by atoms with E-state index in [1.54, 1.807) is 0 Å². The SMILES string of the molecule is N[C@]12CCCC[C@H]1CC(=O)NC2=O. The number of imide groups is 1. The summed E-state index contributed by atoms with van der Waals surface area (Å²) >= 11 is 0. The van der Waals surface area contributed by atoms with Gasteiger partial charge in [0.15, 0.2) is 0 Å². The highest BCUT2D eigenvalue weighted by Gasteiger charge is 2.47. The maximum atomic E-state index is 11.5. The Hall–Kier alpha value is -0.900. The summed E-state index contributed by atoms with van der Waals surface area (Å²) in [7, 11) is 0. The van der Waals surface area contributed by atoms with E-state index in [1.165, 1.54) is 0 Å². The first-order chi connectivity index (χ1) is 6.13. The zero-order valence-electron chi connectivity index (χ0n) is 7.51. The summed E-state index contributed by atoms with van der Waals surface area (Å²) in [4.78, 5) is 22.6. The van der Waals surface area contributed by atoms with Gasteiger partial charge in [0.1, 0.15) is 0 Å². The van der Waals surface area contributed by atoms with Gasteiger partial charge in [-0.3, -0.25) is 14.9 Å². The maximum Gasteiger partial charge on any atom is 0.246 e. The second kappa shape index (κ2) is 2.80. The van der Waals surface area contributed by atoms with E-state index >= 15 is 0 Å². The fourth-order valence-corrected chi connectivity index (χ4v) is 2.37. The van der Waals surface area contributed by atoms with Gasteiger partial charge in [0.2, 0.25) is 11.8 Å². The molecule has 0 spiro atoms. The van der Waals surface area contributed by atoms with Crippen LogP contribution in [0.5, 0.6) is 0 Å². The number of rotatable bonds is 0. The van der Waals surface area contributed by atoms with Crippen LogP contribution in [-0.2, 0) is 9.59 Å². The van der Waals surface area contributed by atoms with Crippen molar-refractivity contribution in [3.63, 3.8) is 0 Å². The number of hydrogen-bond acceptors (Lipinski definition) is 3. The molecule has 1 aliphatic carbocycles. The maximum absolute atomic E-state index is 11.5. The van der Waals surface area contributed by atoms with Crippen LogP contribution < -0.4 is 11.1 Å². The number of piperidine rings is 1. The third kappa shape index (κ3) is 1.25. The zero-order valence-corrected chi connectivity index (χ0v) is 7.51. The van der Waals surface area contributed by atoms with Crippen molar-refractivity contribution in [1.29, 1.82) is 0 Å². The number of hydrogen-bond donors (Lipinski definition) is 2. The molecule has 1 aliphatic heterocycles. The molecule has 0 bridgehead atoms. The van der Waals surface area contributed by atoms with E-state index in [9.17, 15) is 9.59 Å². The Balaban J connectivity index is 2.25. The number of carbonyl (C=O) groups is 2. The van der Waals surface area contributed by atoms with Gasteiger partial charge < -0.3 is 5.73 Å². The van der Waals surface area contributed by atoms with E-state index in [-0.39, 0.29) is 17.7 Å². The molecule has 0 aromatic heterocycles. The topological polar surface area (TPSA) is 72.2 Å². The summed E-state index contributed by atoms with van der Waals surface area (Å²) in [6.07, 6.45) is 4.13. The summed E-state index contributed by atoms with van der Waals surface area (Å²) in [6.45, 7) is 0. The van der Waals surface area contributed by atoms with E-state index in [4.69, 9.17) is 5.73 Å². The molecule has 13 heavy (non-hydrogen) atoms. The second-order valence-electron chi connectivity index (χ2n) is 4.06. The van der Waals surface area contributed by atoms with Crippen LogP contribution in [0.3, 0.4) is 0 Å². The van der Waals surface area contributed by atoms with E-state index in [2.05, 4.69) is 5.32 Å². The third-order valence-electron chi connectivity index (χ3n) is 3.23. The average Bonchev–Trinajstić information content (AvgIpc) is 2.07. The molecule has 4 nitrogen and oxygen atoms in total. The first-order valence-corrected chi connectivity index (χ1v) is 4.76. The fraction of sp³-hybridized carbons (Fsp3) is 0.778. The average molecular weight is 182 g/mol. The van der Waals surface area contributed by atoms with E-state index in [0.29, 0.717) is 6.42 Å². The van der Waals surface area contributed by atoms with Crippen LogP contribution in [0.2, 0.25) is 0 Å². The number of nitrogens with two attached hydrogens (primary N) is 1. The van der Waals surface area contributed by atoms with E-state index in [1.807, 2.05) is 0 Å². The van der Waals surface area contributed by atoms with Crippen molar-refractivity contribution in [3.8, 4) is 0 Å². The summed E-state index contributed by atoms with van der Waals surface area (Å²) < 4.78 is 0. The molecule has 0 aromatic rings. The number of fused-ring (bicyclic) bond motifs is 1. The molecular weight excluding hydrogens is 168 g/mol. The lowest BCUT2D eigenvalue weighted by atomic mass is 9.69. The molecule has 3 N–H and O–H groups in total. The van der Waals surface area contributed by atoms with Gasteiger partial charge in [-0.05, 0) is 18.8 Å². The van der Waals surface area contributed by atoms with Crippen LogP contribution in [-0.4, -0.2) is 17.4 Å². The first kappa shape index (κ1) is 8.69. The molecule has 2 amide bonds. The standard InChI is InChI=1S/C9H14N2O2/c10-9-4-2-1-3-6(9)5-7(12)11-8(9)13/h6H,1-5,10H2,(H,11,12,13)/t6-,9+/m0/s1. The molecular formula is C9H14N2O2. The lowest BCUT2D eigenvalue weighted by Crippen LogP contribution is -2.65. The molecule has 0 aromatic carbocycles. The Morgan fingerprint density at radius 3 is 2.92 bits per heavy atom. The zero-order chi connectivity index (χ0) is 9.47. The van der Waals surface area contributed by atoms with Crippen molar-refractivity contribution in [3.05, 3.63) is 0 Å². The minimum Gasteiger partial charge on any atom is -0.317 e. The summed E-state index contributed by atoms with van der Waals surface area (Å²) in [5.41, 5.74) is 5.25. The lowest BCUT2D eigenvalue weighted by Gasteiger charge is -2.42. The van der Waals surface area contributed by atoms with Gasteiger partial charge in [-0.1, -0.05) is 12.8 Å². The molecule has 72 valence electrons. The highest BCUT2D eigenvalue weighted by molar-refractivity contribution is 6.03. The summed E-state index contributed by atoms with van der Waals surface area (Å²) in [6, 6.07) is 0. The van der Waals surface area contributed by atoms with Gasteiger partial charge in [0, 0.05) is 6.42 Å². The second-order valence-corrected chi connectivity index (χ2v) is 4.06. The van der Waals surface area contributed by atoms with Gasteiger partial charge in [-0.25, -0.2) is 0 Å². The van der Waals surface area contributed by atoms with Crippen LogP contribution in [0.25, 0.3) is 0 Å². The van der Waals surface area contributed by atoms with Crippen LogP contribution in [0, 0.1) is 5.92 Å². The van der Waals surface area contributed by atoms with Crippen molar-refractivity contribution in [2.24, 2.45) is 11.7 Å². The molecule has 0 radical (unpaired) electrons. The quantitative estimate of drug-likeness (QED) is 0.515. The lowest BCUT2D eigenvalue weighted by molar-refractivity contribution is -0.142. The molecule has 2 aliphatic rings. The molecule has 2 fully saturated rings. The van der Waals surface area contributed by atoms with Crippen LogP contribution in [0.15, 0.2) is 0 Å².